The lowest BCUT2D eigenvalue weighted by Crippen LogP contribution is -2.42. The molecule has 2 N–H and O–H groups in total. The second-order valence-electron chi connectivity index (χ2n) is 8.19. The van der Waals surface area contributed by atoms with E-state index < -0.39 is 29.6 Å². The van der Waals surface area contributed by atoms with E-state index in [1.807, 2.05) is 0 Å². The molecule has 0 bridgehead atoms. The molecule has 1 aliphatic rings. The Kier molecular flexibility index (Phi) is 6.29. The van der Waals surface area contributed by atoms with E-state index >= 15 is 0 Å². The molecule has 1 heterocycles. The molecule has 0 radical (unpaired) electrons. The zero-order valence-electron chi connectivity index (χ0n) is 18.6. The van der Waals surface area contributed by atoms with Crippen LogP contribution in [-0.2, 0) is 4.74 Å². The standard InChI is InChI=1S/C23H26N2O7/c1-23(2,3)32-22(29)24-12-15(13-9-10-17(30-4)18(11-13)31-5)25-20(27)14-7-6-8-16(26)19(14)21(25)28/h6-11,15,26H,12H2,1-5H3,(H,24,29). The molecule has 1 aliphatic heterocycles. The first-order valence-electron chi connectivity index (χ1n) is 9.96. The number of hydrogen-bond donors (Lipinski definition) is 2. The quantitative estimate of drug-likeness (QED) is 0.660. The molecule has 1 unspecified atom stereocenters. The van der Waals surface area contributed by atoms with E-state index in [2.05, 4.69) is 5.32 Å². The number of imide groups is 1. The molecule has 2 aromatic carbocycles. The van der Waals surface area contributed by atoms with Crippen LogP contribution in [0.25, 0.3) is 0 Å². The molecule has 0 saturated carbocycles. The molecule has 3 amide bonds. The maximum Gasteiger partial charge on any atom is 0.407 e. The highest BCUT2D eigenvalue weighted by atomic mass is 16.6. The minimum Gasteiger partial charge on any atom is -0.507 e. The molecule has 3 rings (SSSR count). The minimum atomic E-state index is -0.894. The Morgan fingerprint density at radius 1 is 1.06 bits per heavy atom. The smallest absolute Gasteiger partial charge is 0.407 e. The summed E-state index contributed by atoms with van der Waals surface area (Å²) in [6.07, 6.45) is -0.692. The first kappa shape index (κ1) is 22.9. The van der Waals surface area contributed by atoms with Crippen LogP contribution in [0.3, 0.4) is 0 Å². The maximum atomic E-state index is 13.1. The van der Waals surface area contributed by atoms with E-state index in [0.717, 1.165) is 4.90 Å². The fourth-order valence-electron chi connectivity index (χ4n) is 3.48. The van der Waals surface area contributed by atoms with Crippen molar-refractivity contribution in [2.24, 2.45) is 0 Å². The van der Waals surface area contributed by atoms with Crippen molar-refractivity contribution in [2.75, 3.05) is 20.8 Å². The molecule has 0 fully saturated rings. The molecular weight excluding hydrogens is 416 g/mol. The summed E-state index contributed by atoms with van der Waals surface area (Å²) >= 11 is 0. The largest absolute Gasteiger partial charge is 0.507 e. The van der Waals surface area contributed by atoms with Gasteiger partial charge in [-0.3, -0.25) is 14.5 Å². The highest BCUT2D eigenvalue weighted by Gasteiger charge is 2.42. The van der Waals surface area contributed by atoms with Gasteiger partial charge in [-0.25, -0.2) is 4.79 Å². The Morgan fingerprint density at radius 2 is 1.75 bits per heavy atom. The number of benzene rings is 2. The molecule has 0 saturated heterocycles. The number of amides is 3. The molecule has 32 heavy (non-hydrogen) atoms. The molecule has 0 spiro atoms. The lowest BCUT2D eigenvalue weighted by Gasteiger charge is -2.28. The lowest BCUT2D eigenvalue weighted by molar-refractivity contribution is 0.0466. The predicted molar refractivity (Wildman–Crippen MR) is 115 cm³/mol. The van der Waals surface area contributed by atoms with Crippen molar-refractivity contribution in [3.05, 3.63) is 53.1 Å². The summed E-state index contributed by atoms with van der Waals surface area (Å²) in [6.45, 7) is 5.07. The van der Waals surface area contributed by atoms with E-state index in [0.29, 0.717) is 17.1 Å². The topological polar surface area (TPSA) is 114 Å². The van der Waals surface area contributed by atoms with Crippen LogP contribution in [-0.4, -0.2) is 54.3 Å². The number of carbonyl (C=O) groups is 3. The van der Waals surface area contributed by atoms with Gasteiger partial charge in [-0.05, 0) is 50.6 Å². The van der Waals surface area contributed by atoms with Gasteiger partial charge in [-0.15, -0.1) is 0 Å². The Balaban J connectivity index is 2.00. The summed E-state index contributed by atoms with van der Waals surface area (Å²) in [5.74, 6) is -0.656. The van der Waals surface area contributed by atoms with Crippen LogP contribution < -0.4 is 14.8 Å². The number of carbonyl (C=O) groups excluding carboxylic acids is 3. The third-order valence-electron chi connectivity index (χ3n) is 4.87. The molecule has 9 nitrogen and oxygen atoms in total. The summed E-state index contributed by atoms with van der Waals surface area (Å²) in [6, 6.07) is 8.36. The van der Waals surface area contributed by atoms with Crippen LogP contribution in [0.1, 0.15) is 53.1 Å². The zero-order valence-corrected chi connectivity index (χ0v) is 18.6. The van der Waals surface area contributed by atoms with Gasteiger partial charge in [0.05, 0.1) is 31.4 Å². The normalized spacial score (nSPS) is 14.1. The predicted octanol–water partition coefficient (Wildman–Crippen LogP) is 3.27. The zero-order chi connectivity index (χ0) is 23.6. The van der Waals surface area contributed by atoms with Crippen LogP contribution in [0, 0.1) is 0 Å². The van der Waals surface area contributed by atoms with Gasteiger partial charge < -0.3 is 24.6 Å². The van der Waals surface area contributed by atoms with Crippen LogP contribution in [0.4, 0.5) is 4.79 Å². The third-order valence-corrected chi connectivity index (χ3v) is 4.87. The SMILES string of the molecule is COc1ccc(C(CNC(=O)OC(C)(C)C)N2C(=O)c3cccc(O)c3C2=O)cc1OC. The van der Waals surface area contributed by atoms with E-state index in [-0.39, 0.29) is 23.4 Å². The Bertz CT molecular complexity index is 1060. The number of hydrogen-bond acceptors (Lipinski definition) is 7. The van der Waals surface area contributed by atoms with Crippen molar-refractivity contribution in [1.82, 2.24) is 10.2 Å². The number of alkyl carbamates (subject to hydrolysis) is 1. The summed E-state index contributed by atoms with van der Waals surface area (Å²) < 4.78 is 15.9. The van der Waals surface area contributed by atoms with Gasteiger partial charge in [0.2, 0.25) is 0 Å². The lowest BCUT2D eigenvalue weighted by atomic mass is 10.0. The van der Waals surface area contributed by atoms with Gasteiger partial charge in [0.15, 0.2) is 11.5 Å². The second kappa shape index (κ2) is 8.78. The molecular formula is C23H26N2O7. The number of nitrogens with one attached hydrogen (secondary N) is 1. The number of nitrogens with zero attached hydrogens (tertiary/aromatic N) is 1. The van der Waals surface area contributed by atoms with Crippen molar-refractivity contribution < 1.29 is 33.7 Å². The van der Waals surface area contributed by atoms with Crippen molar-refractivity contribution in [3.8, 4) is 17.2 Å². The summed E-state index contributed by atoms with van der Waals surface area (Å²) in [7, 11) is 2.96. The average molecular weight is 442 g/mol. The first-order valence-corrected chi connectivity index (χ1v) is 9.96. The monoisotopic (exact) mass is 442 g/mol. The molecule has 1 atom stereocenters. The second-order valence-corrected chi connectivity index (χ2v) is 8.19. The van der Waals surface area contributed by atoms with Gasteiger partial charge in [0.1, 0.15) is 11.4 Å². The van der Waals surface area contributed by atoms with Gasteiger partial charge in [0.25, 0.3) is 11.8 Å². The fraction of sp³-hybridized carbons (Fsp3) is 0.348. The van der Waals surface area contributed by atoms with E-state index in [4.69, 9.17) is 14.2 Å². The highest BCUT2D eigenvalue weighted by molar-refractivity contribution is 6.22. The number of ether oxygens (including phenoxy) is 3. The van der Waals surface area contributed by atoms with Crippen molar-refractivity contribution in [1.29, 1.82) is 0 Å². The minimum absolute atomic E-state index is 0.0692. The van der Waals surface area contributed by atoms with Gasteiger partial charge >= 0.3 is 6.09 Å². The molecule has 170 valence electrons. The highest BCUT2D eigenvalue weighted by Crippen LogP contribution is 2.37. The average Bonchev–Trinajstić information content (AvgIpc) is 2.98. The van der Waals surface area contributed by atoms with Gasteiger partial charge in [-0.2, -0.15) is 0 Å². The molecule has 0 aromatic heterocycles. The summed E-state index contributed by atoms with van der Waals surface area (Å²) in [5.41, 5.74) is -0.171. The molecule has 0 aliphatic carbocycles. The van der Waals surface area contributed by atoms with E-state index in [1.165, 1.54) is 32.4 Å². The molecule has 9 heteroatoms. The van der Waals surface area contributed by atoms with Crippen LogP contribution >= 0.6 is 0 Å². The molecule has 2 aromatic rings. The van der Waals surface area contributed by atoms with Crippen molar-refractivity contribution in [2.45, 2.75) is 32.4 Å². The summed E-state index contributed by atoms with van der Waals surface area (Å²) in [4.78, 5) is 39.5. The Labute approximate surface area is 185 Å². The third kappa shape index (κ3) is 4.46. The van der Waals surface area contributed by atoms with E-state index in [9.17, 15) is 19.5 Å². The van der Waals surface area contributed by atoms with E-state index in [1.54, 1.807) is 39.0 Å². The summed E-state index contributed by atoms with van der Waals surface area (Å²) in [5, 5.41) is 12.8. The van der Waals surface area contributed by atoms with Crippen LogP contribution in [0.15, 0.2) is 36.4 Å². The van der Waals surface area contributed by atoms with Gasteiger partial charge in [0, 0.05) is 6.54 Å². The number of fused-ring (bicyclic) bond motifs is 1. The first-order chi connectivity index (χ1) is 15.1. The number of phenolic OH excluding ortho intramolecular Hbond substituents is 1. The number of methoxy groups -OCH3 is 2. The Hall–Kier alpha value is -3.75. The van der Waals surface area contributed by atoms with Crippen molar-refractivity contribution in [3.63, 3.8) is 0 Å². The fourth-order valence-corrected chi connectivity index (χ4v) is 3.48. The number of phenols is 1. The van der Waals surface area contributed by atoms with Crippen molar-refractivity contribution >= 4 is 17.9 Å². The maximum absolute atomic E-state index is 13.1. The Morgan fingerprint density at radius 3 is 2.34 bits per heavy atom. The van der Waals surface area contributed by atoms with Crippen LogP contribution in [0.5, 0.6) is 17.2 Å². The number of aromatic hydroxyl groups is 1. The number of rotatable bonds is 6. The van der Waals surface area contributed by atoms with Crippen LogP contribution in [0.2, 0.25) is 0 Å². The van der Waals surface area contributed by atoms with Gasteiger partial charge in [-0.1, -0.05) is 12.1 Å².